The second kappa shape index (κ2) is 6.25. The standard InChI is InChI=1S/C15H26N2/c1-3-17-10-9-14(12-17)11-16-13(2)15-7-5-4-6-8-15/h9-10,12-13,15-16H,3-8,11H2,1-2H3/t13-/m0/s1. The van der Waals surface area contributed by atoms with Crippen molar-refractivity contribution in [1.82, 2.24) is 9.88 Å². The molecule has 0 unspecified atom stereocenters. The maximum Gasteiger partial charge on any atom is 0.0223 e. The zero-order chi connectivity index (χ0) is 12.1. The van der Waals surface area contributed by atoms with Crippen molar-refractivity contribution in [3.63, 3.8) is 0 Å². The van der Waals surface area contributed by atoms with E-state index in [2.05, 4.69) is 42.2 Å². The van der Waals surface area contributed by atoms with Gasteiger partial charge in [0.15, 0.2) is 0 Å². The van der Waals surface area contributed by atoms with Crippen LogP contribution in [0.2, 0.25) is 0 Å². The SMILES string of the molecule is CCn1ccc(CN[C@@H](C)C2CCCCC2)c1. The lowest BCUT2D eigenvalue weighted by atomic mass is 9.84. The molecular formula is C15H26N2. The molecule has 1 saturated carbocycles. The second-order valence-corrected chi connectivity index (χ2v) is 5.42. The van der Waals surface area contributed by atoms with E-state index >= 15 is 0 Å². The summed E-state index contributed by atoms with van der Waals surface area (Å²) in [6, 6.07) is 2.89. The number of nitrogens with one attached hydrogen (secondary N) is 1. The molecule has 1 heterocycles. The van der Waals surface area contributed by atoms with Gasteiger partial charge < -0.3 is 9.88 Å². The number of rotatable bonds is 5. The van der Waals surface area contributed by atoms with Gasteiger partial charge in [-0.05, 0) is 44.2 Å². The van der Waals surface area contributed by atoms with Crippen molar-refractivity contribution >= 4 is 0 Å². The summed E-state index contributed by atoms with van der Waals surface area (Å²) in [7, 11) is 0. The number of nitrogens with zero attached hydrogens (tertiary/aromatic N) is 1. The Balaban J connectivity index is 1.76. The van der Waals surface area contributed by atoms with E-state index in [4.69, 9.17) is 0 Å². The normalized spacial score (nSPS) is 19.4. The van der Waals surface area contributed by atoms with Gasteiger partial charge in [0.25, 0.3) is 0 Å². The first-order valence-corrected chi connectivity index (χ1v) is 7.17. The Morgan fingerprint density at radius 3 is 2.76 bits per heavy atom. The van der Waals surface area contributed by atoms with Gasteiger partial charge >= 0.3 is 0 Å². The van der Waals surface area contributed by atoms with Gasteiger partial charge in [0.1, 0.15) is 0 Å². The van der Waals surface area contributed by atoms with Gasteiger partial charge in [0, 0.05) is 31.5 Å². The van der Waals surface area contributed by atoms with Crippen LogP contribution < -0.4 is 5.32 Å². The summed E-state index contributed by atoms with van der Waals surface area (Å²) in [5, 5.41) is 3.69. The molecule has 2 nitrogen and oxygen atoms in total. The molecule has 1 aromatic rings. The first-order valence-electron chi connectivity index (χ1n) is 7.17. The smallest absolute Gasteiger partial charge is 0.0223 e. The molecule has 0 bridgehead atoms. The van der Waals surface area contributed by atoms with Gasteiger partial charge in [0.05, 0.1) is 0 Å². The van der Waals surface area contributed by atoms with Gasteiger partial charge in [0.2, 0.25) is 0 Å². The predicted octanol–water partition coefficient (Wildman–Crippen LogP) is 3.57. The average molecular weight is 234 g/mol. The first-order chi connectivity index (χ1) is 8.29. The monoisotopic (exact) mass is 234 g/mol. The van der Waals surface area contributed by atoms with Crippen LogP contribution in [0.5, 0.6) is 0 Å². The molecule has 1 aromatic heterocycles. The van der Waals surface area contributed by atoms with Gasteiger partial charge in [-0.3, -0.25) is 0 Å². The molecule has 0 saturated heterocycles. The molecule has 96 valence electrons. The van der Waals surface area contributed by atoms with Crippen molar-refractivity contribution in [3.8, 4) is 0 Å². The minimum atomic E-state index is 0.667. The molecule has 0 amide bonds. The van der Waals surface area contributed by atoms with Crippen LogP contribution in [-0.2, 0) is 13.1 Å². The Hall–Kier alpha value is -0.760. The molecule has 1 fully saturated rings. The Labute approximate surface area is 105 Å². The Morgan fingerprint density at radius 1 is 1.35 bits per heavy atom. The van der Waals surface area contributed by atoms with Crippen LogP contribution in [0.1, 0.15) is 51.5 Å². The fourth-order valence-electron chi connectivity index (χ4n) is 2.87. The van der Waals surface area contributed by atoms with E-state index in [1.807, 2.05) is 0 Å². The van der Waals surface area contributed by atoms with Crippen molar-refractivity contribution < 1.29 is 0 Å². The van der Waals surface area contributed by atoms with Crippen molar-refractivity contribution in [2.24, 2.45) is 5.92 Å². The molecule has 0 aromatic carbocycles. The summed E-state index contributed by atoms with van der Waals surface area (Å²) in [6.45, 7) is 6.62. The van der Waals surface area contributed by atoms with E-state index in [9.17, 15) is 0 Å². The van der Waals surface area contributed by atoms with Crippen molar-refractivity contribution in [2.45, 2.75) is 65.1 Å². The predicted molar refractivity (Wildman–Crippen MR) is 73.0 cm³/mol. The fourth-order valence-corrected chi connectivity index (χ4v) is 2.87. The van der Waals surface area contributed by atoms with E-state index in [0.29, 0.717) is 6.04 Å². The number of hydrogen-bond donors (Lipinski definition) is 1. The Kier molecular flexibility index (Phi) is 4.66. The van der Waals surface area contributed by atoms with Crippen molar-refractivity contribution in [1.29, 1.82) is 0 Å². The minimum Gasteiger partial charge on any atom is -0.354 e. The molecule has 1 aliphatic carbocycles. The van der Waals surface area contributed by atoms with Crippen LogP contribution >= 0.6 is 0 Å². The van der Waals surface area contributed by atoms with E-state index in [-0.39, 0.29) is 0 Å². The maximum absolute atomic E-state index is 3.69. The van der Waals surface area contributed by atoms with Crippen LogP contribution in [0, 0.1) is 5.92 Å². The highest BCUT2D eigenvalue weighted by Crippen LogP contribution is 2.26. The zero-order valence-corrected chi connectivity index (χ0v) is 11.3. The van der Waals surface area contributed by atoms with Gasteiger partial charge in [-0.1, -0.05) is 19.3 Å². The number of aromatic nitrogens is 1. The van der Waals surface area contributed by atoms with E-state index < -0.39 is 0 Å². The molecule has 0 spiro atoms. The number of hydrogen-bond acceptors (Lipinski definition) is 1. The van der Waals surface area contributed by atoms with Gasteiger partial charge in [-0.2, -0.15) is 0 Å². The Bertz CT molecular complexity index is 323. The summed E-state index contributed by atoms with van der Waals surface area (Å²) in [6.07, 6.45) is 11.6. The molecule has 17 heavy (non-hydrogen) atoms. The highest BCUT2D eigenvalue weighted by molar-refractivity contribution is 5.10. The van der Waals surface area contributed by atoms with Crippen molar-refractivity contribution in [2.75, 3.05) is 0 Å². The van der Waals surface area contributed by atoms with E-state index in [1.165, 1.54) is 37.7 Å². The summed E-state index contributed by atoms with van der Waals surface area (Å²) >= 11 is 0. The van der Waals surface area contributed by atoms with Gasteiger partial charge in [-0.15, -0.1) is 0 Å². The number of aryl methyl sites for hydroxylation is 1. The molecule has 0 radical (unpaired) electrons. The molecule has 2 rings (SSSR count). The van der Waals surface area contributed by atoms with Crippen LogP contribution in [0.3, 0.4) is 0 Å². The lowest BCUT2D eigenvalue weighted by molar-refractivity contribution is 0.280. The van der Waals surface area contributed by atoms with Crippen LogP contribution in [0.25, 0.3) is 0 Å². The van der Waals surface area contributed by atoms with E-state index in [0.717, 1.165) is 19.0 Å². The second-order valence-electron chi connectivity index (χ2n) is 5.42. The van der Waals surface area contributed by atoms with Gasteiger partial charge in [-0.25, -0.2) is 0 Å². The third-order valence-electron chi connectivity index (χ3n) is 4.16. The zero-order valence-electron chi connectivity index (χ0n) is 11.3. The lowest BCUT2D eigenvalue weighted by Crippen LogP contribution is -2.34. The van der Waals surface area contributed by atoms with E-state index in [1.54, 1.807) is 0 Å². The van der Waals surface area contributed by atoms with Crippen molar-refractivity contribution in [3.05, 3.63) is 24.0 Å². The first kappa shape index (κ1) is 12.7. The summed E-state index contributed by atoms with van der Waals surface area (Å²) in [5.41, 5.74) is 1.41. The van der Waals surface area contributed by atoms with Crippen LogP contribution in [0.4, 0.5) is 0 Å². The molecule has 0 aliphatic heterocycles. The molecular weight excluding hydrogens is 208 g/mol. The highest BCUT2D eigenvalue weighted by atomic mass is 14.9. The largest absolute Gasteiger partial charge is 0.354 e. The molecule has 1 aliphatic rings. The van der Waals surface area contributed by atoms with Crippen LogP contribution in [-0.4, -0.2) is 10.6 Å². The molecule has 1 N–H and O–H groups in total. The van der Waals surface area contributed by atoms with Crippen LogP contribution in [0.15, 0.2) is 18.5 Å². The maximum atomic E-state index is 3.69. The molecule has 1 atom stereocenters. The summed E-state index contributed by atoms with van der Waals surface area (Å²) < 4.78 is 2.24. The average Bonchev–Trinajstić information content (AvgIpc) is 2.85. The quantitative estimate of drug-likeness (QED) is 0.824. The highest BCUT2D eigenvalue weighted by Gasteiger charge is 2.19. The third kappa shape index (κ3) is 3.60. The third-order valence-corrected chi connectivity index (χ3v) is 4.16. The summed E-state index contributed by atoms with van der Waals surface area (Å²) in [4.78, 5) is 0. The molecule has 2 heteroatoms. The topological polar surface area (TPSA) is 17.0 Å². The Morgan fingerprint density at radius 2 is 2.12 bits per heavy atom. The fraction of sp³-hybridized carbons (Fsp3) is 0.733. The summed E-state index contributed by atoms with van der Waals surface area (Å²) in [5.74, 6) is 0.900. The minimum absolute atomic E-state index is 0.667. The lowest BCUT2D eigenvalue weighted by Gasteiger charge is -2.28.